The zero-order valence-corrected chi connectivity index (χ0v) is 23.3. The predicted octanol–water partition coefficient (Wildman–Crippen LogP) is 1.44. The number of thiazole rings is 2. The largest absolute Gasteiger partial charge is 3.00 e. The zero-order valence-electron chi connectivity index (χ0n) is 20.7. The van der Waals surface area contributed by atoms with Crippen molar-refractivity contribution in [3.63, 3.8) is 0 Å². The van der Waals surface area contributed by atoms with Crippen molar-refractivity contribution in [3.05, 3.63) is 104 Å². The maximum Gasteiger partial charge on any atom is 3.00 e. The summed E-state index contributed by atoms with van der Waals surface area (Å²) in [6.07, 6.45) is 1.49. The molecule has 2 aliphatic rings. The molecule has 0 aliphatic heterocycles. The first-order valence-electron chi connectivity index (χ1n) is 10.5. The summed E-state index contributed by atoms with van der Waals surface area (Å²) in [5, 5.41) is 47.1. The minimum Gasteiger partial charge on any atom is -0.520 e. The van der Waals surface area contributed by atoms with Gasteiger partial charge < -0.3 is 29.6 Å². The Bertz CT molecular complexity index is 1820. The molecule has 0 unspecified atom stereocenters. The summed E-state index contributed by atoms with van der Waals surface area (Å²) in [6.45, 7) is 0. The van der Waals surface area contributed by atoms with Crippen molar-refractivity contribution in [2.24, 2.45) is 10.2 Å². The molecule has 2 heterocycles. The molecule has 226 valence electrons. The van der Waals surface area contributed by atoms with E-state index in [2.05, 4.69) is 34.3 Å². The van der Waals surface area contributed by atoms with Gasteiger partial charge in [-0.3, -0.25) is 29.8 Å². The SMILES string of the molecule is [CH2-][N+](/N=c1\[n-]cc([N+](=O)[O-])s1)=C1/C=CC(=O)C=C1O.[CH2-][N+](/N=c1\[n-]cc([N+](=O)[O-])s1)=C1\C(O)=CC(=O)C=C1C(F)(F)F.[Co+3]. The van der Waals surface area contributed by atoms with Crippen LogP contribution in [-0.4, -0.2) is 58.6 Å². The number of aliphatic hydroxyl groups is 2. The topological polar surface area (TPSA) is 220 Å². The Balaban J connectivity index is 0.000000298. The number of carbonyl (C=O) groups excluding carboxylic acids is 2. The van der Waals surface area contributed by atoms with Crippen LogP contribution >= 0.6 is 22.7 Å². The van der Waals surface area contributed by atoms with E-state index in [1.54, 1.807) is 0 Å². The number of allylic oxidation sites excluding steroid dienone is 6. The second-order valence-electron chi connectivity index (χ2n) is 7.46. The van der Waals surface area contributed by atoms with Gasteiger partial charge in [0.15, 0.2) is 11.6 Å². The van der Waals surface area contributed by atoms with Crippen molar-refractivity contribution in [1.82, 2.24) is 9.97 Å². The average Bonchev–Trinajstić information content (AvgIpc) is 3.53. The van der Waals surface area contributed by atoms with Gasteiger partial charge in [0.25, 0.3) is 0 Å². The fourth-order valence-corrected chi connectivity index (χ4v) is 4.11. The average molecular weight is 685 g/mol. The third-order valence-electron chi connectivity index (χ3n) is 4.59. The summed E-state index contributed by atoms with van der Waals surface area (Å²) >= 11 is 1.27. The van der Waals surface area contributed by atoms with Crippen molar-refractivity contribution in [2.45, 2.75) is 6.18 Å². The molecule has 0 fully saturated rings. The summed E-state index contributed by atoms with van der Waals surface area (Å²) in [5.41, 5.74) is -2.11. The normalized spacial score (nSPS) is 18.1. The molecule has 0 bridgehead atoms. The van der Waals surface area contributed by atoms with E-state index in [1.807, 2.05) is 0 Å². The molecule has 43 heavy (non-hydrogen) atoms. The molecule has 4 rings (SSSR count). The maximum atomic E-state index is 13.0. The summed E-state index contributed by atoms with van der Waals surface area (Å²) in [6, 6.07) is 0. The van der Waals surface area contributed by atoms with Crippen LogP contribution in [-0.2, 0) is 26.4 Å². The number of hydrogen-bond donors (Lipinski definition) is 2. The molecule has 0 atom stereocenters. The number of carbonyl (C=O) groups is 2. The Hall–Kier alpha value is -5.06. The van der Waals surface area contributed by atoms with E-state index in [-0.39, 0.29) is 59.7 Å². The third kappa shape index (κ3) is 8.71. The maximum absolute atomic E-state index is 13.0. The van der Waals surface area contributed by atoms with Gasteiger partial charge in [-0.05, 0) is 12.2 Å². The Kier molecular flexibility index (Phi) is 10.9. The van der Waals surface area contributed by atoms with Crippen LogP contribution < -0.4 is 19.6 Å². The van der Waals surface area contributed by atoms with Crippen LogP contribution in [0.2, 0.25) is 0 Å². The molecule has 2 aliphatic carbocycles. The van der Waals surface area contributed by atoms with Crippen molar-refractivity contribution in [2.75, 3.05) is 0 Å². The molecule has 0 amide bonds. The van der Waals surface area contributed by atoms with Gasteiger partial charge in [0, 0.05) is 38.6 Å². The molecular weight excluding hydrogens is 672 g/mol. The first-order valence-corrected chi connectivity index (χ1v) is 12.2. The fraction of sp³-hybridized carbons (Fsp3) is 0.0476. The van der Waals surface area contributed by atoms with Crippen molar-refractivity contribution in [1.29, 1.82) is 0 Å². The number of nitro groups is 2. The predicted molar refractivity (Wildman–Crippen MR) is 136 cm³/mol. The minimum absolute atomic E-state index is 0. The van der Waals surface area contributed by atoms with E-state index in [1.165, 1.54) is 12.2 Å². The summed E-state index contributed by atoms with van der Waals surface area (Å²) < 4.78 is 40.3. The van der Waals surface area contributed by atoms with Crippen LogP contribution in [0.5, 0.6) is 0 Å². The summed E-state index contributed by atoms with van der Waals surface area (Å²) in [7, 11) is 6.77. The van der Waals surface area contributed by atoms with Crippen LogP contribution in [0.1, 0.15) is 0 Å². The molecule has 0 saturated carbocycles. The Labute approximate surface area is 254 Å². The second-order valence-corrected chi connectivity index (χ2v) is 9.44. The van der Waals surface area contributed by atoms with Gasteiger partial charge in [0.05, 0.1) is 25.0 Å². The van der Waals surface area contributed by atoms with Crippen molar-refractivity contribution in [3.8, 4) is 0 Å². The van der Waals surface area contributed by atoms with E-state index in [4.69, 9.17) is 0 Å². The van der Waals surface area contributed by atoms with Crippen LogP contribution in [0.25, 0.3) is 0 Å². The molecule has 2 aromatic rings. The van der Waals surface area contributed by atoms with Crippen molar-refractivity contribution < 1.29 is 69.0 Å². The van der Waals surface area contributed by atoms with E-state index in [9.17, 15) is 53.2 Å². The van der Waals surface area contributed by atoms with Crippen molar-refractivity contribution >= 4 is 55.7 Å². The third-order valence-corrected chi connectivity index (χ3v) is 6.25. The van der Waals surface area contributed by atoms with Gasteiger partial charge in [-0.15, -0.1) is 0 Å². The number of rotatable bonds is 4. The molecular formula is C21H13CoF3N8O8S2+. The molecule has 0 aromatic carbocycles. The number of halogens is 3. The number of aliphatic hydroxyl groups excluding tert-OH is 2. The van der Waals surface area contributed by atoms with Crippen LogP contribution in [0.15, 0.2) is 70.1 Å². The van der Waals surface area contributed by atoms with E-state index < -0.39 is 38.9 Å². The fourth-order valence-electron chi connectivity index (χ4n) is 2.89. The first-order chi connectivity index (χ1) is 19.6. The van der Waals surface area contributed by atoms with E-state index in [0.29, 0.717) is 22.1 Å². The van der Waals surface area contributed by atoms with Gasteiger partial charge in [-0.2, -0.15) is 13.2 Å². The van der Waals surface area contributed by atoms with Gasteiger partial charge in [0.1, 0.15) is 22.9 Å². The molecule has 2 N–H and O–H groups in total. The molecule has 0 radical (unpaired) electrons. The number of ketones is 2. The Morgan fingerprint density at radius 3 is 1.74 bits per heavy atom. The second kappa shape index (κ2) is 13.7. The van der Waals surface area contributed by atoms with E-state index >= 15 is 0 Å². The van der Waals surface area contributed by atoms with Crippen LogP contribution in [0.3, 0.4) is 0 Å². The van der Waals surface area contributed by atoms with Gasteiger partial charge >= 0.3 is 33.0 Å². The quantitative estimate of drug-likeness (QED) is 0.155. The van der Waals surface area contributed by atoms with Crippen LogP contribution in [0.4, 0.5) is 23.2 Å². The van der Waals surface area contributed by atoms with Crippen LogP contribution in [0, 0.1) is 34.3 Å². The number of nitrogens with zero attached hydrogens (tertiary/aromatic N) is 8. The summed E-state index contributed by atoms with van der Waals surface area (Å²) in [4.78, 5) is 49.0. The molecule has 22 heteroatoms. The van der Waals surface area contributed by atoms with Gasteiger partial charge in [-0.25, -0.2) is 10.2 Å². The first kappa shape index (κ1) is 34.1. The van der Waals surface area contributed by atoms with Gasteiger partial charge in [0.2, 0.25) is 0 Å². The molecule has 0 saturated heterocycles. The Morgan fingerprint density at radius 2 is 1.30 bits per heavy atom. The minimum atomic E-state index is -4.94. The molecule has 2 aromatic heterocycles. The zero-order chi connectivity index (χ0) is 31.4. The Morgan fingerprint density at radius 1 is 0.814 bits per heavy atom. The number of alkyl halides is 3. The standard InChI is InChI=1S/C11H7F3N4O4S.C10H8N4O4S.Co/c1-17(16-10-15-4-8(23-10)18(21)22)9-6(11(12,13)14)2-5(19)3-7(9)20;1-13(7-3-2-6(15)4-8(7)16)12-10-11-5-9(19-10)14(17)18;/h2-4H,1H2,(H2,15,16,19,20);2-5H,1H2,(H2,11,12,15,16);/q;;+3/p-2. The smallest absolute Gasteiger partial charge is 0.520 e. The summed E-state index contributed by atoms with van der Waals surface area (Å²) in [5.74, 6) is -2.65. The molecule has 16 nitrogen and oxygen atoms in total. The number of aromatic nitrogens is 2. The molecule has 0 spiro atoms. The monoisotopic (exact) mass is 685 g/mol. The van der Waals surface area contributed by atoms with E-state index in [0.717, 1.165) is 34.5 Å². The number of hydrogen-bond acceptors (Lipinski definition) is 12. The van der Waals surface area contributed by atoms with Gasteiger partial charge in [-0.1, -0.05) is 28.7 Å².